The van der Waals surface area contributed by atoms with E-state index in [9.17, 15) is 9.59 Å². The van der Waals surface area contributed by atoms with Crippen molar-refractivity contribution >= 4 is 11.9 Å². The molecule has 1 radical (unpaired) electrons. The second-order valence-electron chi connectivity index (χ2n) is 1.54. The van der Waals surface area contributed by atoms with Gasteiger partial charge in [-0.15, -0.1) is 0 Å². The summed E-state index contributed by atoms with van der Waals surface area (Å²) >= 11 is 0. The molecule has 0 aromatic rings. The third-order valence-corrected chi connectivity index (χ3v) is 0.712. The van der Waals surface area contributed by atoms with Gasteiger partial charge in [0.05, 0.1) is 6.42 Å². The Morgan fingerprint density at radius 2 is 1.80 bits per heavy atom. The fourth-order valence-corrected chi connectivity index (χ4v) is 0.275. The van der Waals surface area contributed by atoms with Crippen LogP contribution in [0.25, 0.3) is 0 Å². The normalized spacial score (nSPS) is 11.3. The second kappa shape index (κ2) is 5.21. The fourth-order valence-electron chi connectivity index (χ4n) is 0.275. The predicted octanol–water partition coefficient (Wildman–Crippen LogP) is -1.13. The van der Waals surface area contributed by atoms with Crippen LogP contribution in [-0.4, -0.2) is 28.2 Å². The van der Waals surface area contributed by atoms with Crippen LogP contribution in [0.4, 0.5) is 0 Å². The average molecular weight is 192 g/mol. The molecule has 0 aromatic carbocycles. The molecular weight excluding hydrogens is 185 g/mol. The van der Waals surface area contributed by atoms with Crippen molar-refractivity contribution in [2.75, 3.05) is 0 Å². The molecule has 4 N–H and O–H groups in total. The van der Waals surface area contributed by atoms with E-state index >= 15 is 0 Å². The van der Waals surface area contributed by atoms with Gasteiger partial charge < -0.3 is 15.9 Å². The third kappa shape index (κ3) is 5.54. The van der Waals surface area contributed by atoms with Crippen LogP contribution in [0.5, 0.6) is 0 Å². The average Bonchev–Trinajstić information content (AvgIpc) is 1.63. The zero-order valence-electron chi connectivity index (χ0n) is 4.91. The van der Waals surface area contributed by atoms with Crippen LogP contribution in [0.1, 0.15) is 6.42 Å². The quantitative estimate of drug-likeness (QED) is 0.525. The smallest absolute Gasteiger partial charge is 0.321 e. The summed E-state index contributed by atoms with van der Waals surface area (Å²) in [6, 6.07) is -1.29. The first-order valence-corrected chi connectivity index (χ1v) is 2.24. The third-order valence-electron chi connectivity index (χ3n) is 0.712. The van der Waals surface area contributed by atoms with Gasteiger partial charge in [0.25, 0.3) is 0 Å². The summed E-state index contributed by atoms with van der Waals surface area (Å²) in [4.78, 5) is 19.6. The zero-order valence-corrected chi connectivity index (χ0v) is 5.95. The minimum atomic E-state index is -1.29. The van der Waals surface area contributed by atoms with E-state index in [-0.39, 0.29) is 16.8 Å². The molecule has 10 heavy (non-hydrogen) atoms. The van der Waals surface area contributed by atoms with Crippen molar-refractivity contribution < 1.29 is 36.6 Å². The van der Waals surface area contributed by atoms with Crippen LogP contribution in [0.15, 0.2) is 0 Å². The first-order chi connectivity index (χ1) is 4.04. The SMILES string of the molecule is NC(CC(=O)O)C(=O)O.[Co]. The molecule has 6 heteroatoms. The summed E-state index contributed by atoms with van der Waals surface area (Å²) in [6.07, 6.45) is -0.532. The Balaban J connectivity index is 0. The van der Waals surface area contributed by atoms with Crippen LogP contribution >= 0.6 is 0 Å². The first-order valence-electron chi connectivity index (χ1n) is 2.24. The van der Waals surface area contributed by atoms with Crippen LogP contribution in [0.3, 0.4) is 0 Å². The Morgan fingerprint density at radius 1 is 1.40 bits per heavy atom. The summed E-state index contributed by atoms with van der Waals surface area (Å²) in [7, 11) is 0. The molecule has 61 valence electrons. The van der Waals surface area contributed by atoms with Crippen LogP contribution < -0.4 is 5.73 Å². The number of nitrogens with two attached hydrogens (primary N) is 1. The Hall–Kier alpha value is -0.594. The summed E-state index contributed by atoms with van der Waals surface area (Å²) in [6.45, 7) is 0. The summed E-state index contributed by atoms with van der Waals surface area (Å²) < 4.78 is 0. The molecule has 0 saturated heterocycles. The number of hydrogen-bond acceptors (Lipinski definition) is 3. The van der Waals surface area contributed by atoms with Crippen molar-refractivity contribution in [2.24, 2.45) is 5.73 Å². The molecule has 0 heterocycles. The van der Waals surface area contributed by atoms with Gasteiger partial charge in [0.1, 0.15) is 6.04 Å². The molecular formula is C4H7CoNO4. The van der Waals surface area contributed by atoms with Crippen molar-refractivity contribution in [1.82, 2.24) is 0 Å². The molecule has 0 aliphatic heterocycles. The molecule has 0 fully saturated rings. The van der Waals surface area contributed by atoms with E-state index < -0.39 is 24.4 Å². The van der Waals surface area contributed by atoms with Crippen molar-refractivity contribution in [3.63, 3.8) is 0 Å². The van der Waals surface area contributed by atoms with E-state index in [1.54, 1.807) is 0 Å². The van der Waals surface area contributed by atoms with Crippen LogP contribution in [-0.2, 0) is 26.4 Å². The molecule has 1 atom stereocenters. The first kappa shape index (κ1) is 12.1. The molecule has 0 spiro atoms. The summed E-state index contributed by atoms with van der Waals surface area (Å²) in [5.41, 5.74) is 4.84. The van der Waals surface area contributed by atoms with Crippen molar-refractivity contribution in [1.29, 1.82) is 0 Å². The van der Waals surface area contributed by atoms with Gasteiger partial charge in [-0.3, -0.25) is 9.59 Å². The number of hydrogen-bond donors (Lipinski definition) is 3. The van der Waals surface area contributed by atoms with Gasteiger partial charge in [0.15, 0.2) is 0 Å². The van der Waals surface area contributed by atoms with Gasteiger partial charge in [0.2, 0.25) is 0 Å². The molecule has 0 aliphatic rings. The molecule has 0 aromatic heterocycles. The summed E-state index contributed by atoms with van der Waals surface area (Å²) in [5, 5.41) is 16.0. The number of carboxylic acids is 2. The number of carbonyl (C=O) groups is 2. The molecule has 0 rings (SSSR count). The molecule has 5 nitrogen and oxygen atoms in total. The van der Waals surface area contributed by atoms with E-state index in [0.29, 0.717) is 0 Å². The molecule has 0 amide bonds. The second-order valence-corrected chi connectivity index (χ2v) is 1.54. The van der Waals surface area contributed by atoms with E-state index in [0.717, 1.165) is 0 Å². The Kier molecular flexibility index (Phi) is 6.32. The van der Waals surface area contributed by atoms with E-state index in [1.165, 1.54) is 0 Å². The topological polar surface area (TPSA) is 101 Å². The minimum Gasteiger partial charge on any atom is -0.481 e. The Bertz CT molecular complexity index is 137. The maximum absolute atomic E-state index is 9.85. The number of rotatable bonds is 3. The van der Waals surface area contributed by atoms with E-state index in [2.05, 4.69) is 0 Å². The maximum atomic E-state index is 9.85. The zero-order chi connectivity index (χ0) is 7.44. The summed E-state index contributed by atoms with van der Waals surface area (Å²) in [5.74, 6) is -2.50. The standard InChI is InChI=1S/C4H7NO4.Co/c5-2(4(8)9)1-3(6)7;/h2H,1,5H2,(H,6,7)(H,8,9);. The van der Waals surface area contributed by atoms with Crippen LogP contribution in [0, 0.1) is 0 Å². The molecule has 0 aliphatic carbocycles. The van der Waals surface area contributed by atoms with E-state index in [4.69, 9.17) is 15.9 Å². The predicted molar refractivity (Wildman–Crippen MR) is 27.9 cm³/mol. The van der Waals surface area contributed by atoms with Gasteiger partial charge in [0, 0.05) is 16.8 Å². The Morgan fingerprint density at radius 3 is 1.90 bits per heavy atom. The molecule has 0 saturated carbocycles. The monoisotopic (exact) mass is 192 g/mol. The molecule has 1 unspecified atom stereocenters. The minimum absolute atomic E-state index is 0. The van der Waals surface area contributed by atoms with Crippen molar-refractivity contribution in [3.8, 4) is 0 Å². The maximum Gasteiger partial charge on any atom is 0.321 e. The van der Waals surface area contributed by atoms with Crippen molar-refractivity contribution in [3.05, 3.63) is 0 Å². The Labute approximate surface area is 67.4 Å². The number of aliphatic carboxylic acids is 2. The van der Waals surface area contributed by atoms with Gasteiger partial charge >= 0.3 is 11.9 Å². The molecule has 0 bridgehead atoms. The van der Waals surface area contributed by atoms with Gasteiger partial charge in [-0.05, 0) is 0 Å². The fraction of sp³-hybridized carbons (Fsp3) is 0.500. The largest absolute Gasteiger partial charge is 0.481 e. The van der Waals surface area contributed by atoms with Gasteiger partial charge in [-0.25, -0.2) is 0 Å². The van der Waals surface area contributed by atoms with Gasteiger partial charge in [-0.2, -0.15) is 0 Å². The van der Waals surface area contributed by atoms with Gasteiger partial charge in [-0.1, -0.05) is 0 Å². The van der Waals surface area contributed by atoms with E-state index in [1.807, 2.05) is 0 Å². The van der Waals surface area contributed by atoms with Crippen LogP contribution in [0.2, 0.25) is 0 Å². The van der Waals surface area contributed by atoms with Crippen molar-refractivity contribution in [2.45, 2.75) is 12.5 Å². The number of carboxylic acid groups (broad SMARTS) is 2.